The fourth-order valence-corrected chi connectivity index (χ4v) is 3.93. The van der Waals surface area contributed by atoms with E-state index in [1.807, 2.05) is 0 Å². The molecule has 0 aromatic heterocycles. The largest absolute Gasteiger partial charge is 0.309 e. The maximum absolute atomic E-state index is 3.67. The molecule has 0 amide bonds. The van der Waals surface area contributed by atoms with E-state index in [9.17, 15) is 0 Å². The maximum Gasteiger partial charge on any atom is 0.0284 e. The molecule has 0 spiro atoms. The van der Waals surface area contributed by atoms with E-state index in [-0.39, 0.29) is 0 Å². The van der Waals surface area contributed by atoms with Crippen molar-refractivity contribution >= 4 is 11.8 Å². The molecule has 1 aliphatic heterocycles. The van der Waals surface area contributed by atoms with Gasteiger partial charge in [-0.25, -0.2) is 0 Å². The molecule has 0 bridgehead atoms. The monoisotopic (exact) mass is 242 g/mol. The van der Waals surface area contributed by atoms with Gasteiger partial charge in [0.2, 0.25) is 0 Å². The number of nitrogens with one attached hydrogen (secondary N) is 1. The van der Waals surface area contributed by atoms with Crippen LogP contribution in [0.3, 0.4) is 0 Å². The van der Waals surface area contributed by atoms with Gasteiger partial charge in [0, 0.05) is 36.5 Å². The summed E-state index contributed by atoms with van der Waals surface area (Å²) >= 11 is 2.10. The molecule has 1 aliphatic carbocycles. The number of thioether (sulfide) groups is 1. The van der Waals surface area contributed by atoms with Crippen molar-refractivity contribution in [3.63, 3.8) is 0 Å². The summed E-state index contributed by atoms with van der Waals surface area (Å²) in [6, 6.07) is 0. The third-order valence-electron chi connectivity index (χ3n) is 4.54. The van der Waals surface area contributed by atoms with Crippen molar-refractivity contribution in [1.29, 1.82) is 0 Å². The Balaban J connectivity index is 1.90. The first-order valence-electron chi connectivity index (χ1n) is 6.64. The Morgan fingerprint density at radius 1 is 1.38 bits per heavy atom. The second-order valence-corrected chi connectivity index (χ2v) is 7.07. The fourth-order valence-electron chi connectivity index (χ4n) is 2.92. The highest BCUT2D eigenvalue weighted by Crippen LogP contribution is 2.43. The summed E-state index contributed by atoms with van der Waals surface area (Å²) in [5, 5.41) is 3.67. The highest BCUT2D eigenvalue weighted by atomic mass is 32.2. The topological polar surface area (TPSA) is 15.3 Å². The molecule has 2 aliphatic rings. The first-order chi connectivity index (χ1) is 7.61. The molecule has 0 aromatic rings. The Morgan fingerprint density at radius 2 is 2.12 bits per heavy atom. The number of hydrogen-bond acceptors (Lipinski definition) is 3. The minimum Gasteiger partial charge on any atom is -0.309 e. The Kier molecular flexibility index (Phi) is 3.87. The zero-order chi connectivity index (χ0) is 11.6. The molecule has 94 valence electrons. The second kappa shape index (κ2) is 4.87. The molecule has 0 aromatic carbocycles. The summed E-state index contributed by atoms with van der Waals surface area (Å²) in [5.74, 6) is 0. The smallest absolute Gasteiger partial charge is 0.0284 e. The molecule has 2 fully saturated rings. The Labute approximate surface area is 105 Å². The van der Waals surface area contributed by atoms with Gasteiger partial charge in [-0.05, 0) is 32.4 Å². The second-order valence-electron chi connectivity index (χ2n) is 5.79. The molecule has 0 radical (unpaired) electrons. The van der Waals surface area contributed by atoms with E-state index in [1.165, 1.54) is 45.3 Å². The Bertz CT molecular complexity index is 235. The molecule has 1 atom stereocenters. The van der Waals surface area contributed by atoms with Crippen molar-refractivity contribution in [3.05, 3.63) is 0 Å². The third kappa shape index (κ3) is 2.57. The predicted molar refractivity (Wildman–Crippen MR) is 73.2 cm³/mol. The number of hydrogen-bond donors (Lipinski definition) is 1. The van der Waals surface area contributed by atoms with E-state index in [0.29, 0.717) is 10.3 Å². The molecule has 1 heterocycles. The maximum atomic E-state index is 3.67. The zero-order valence-electron chi connectivity index (χ0n) is 11.0. The minimum absolute atomic E-state index is 0.349. The van der Waals surface area contributed by atoms with Crippen molar-refractivity contribution in [3.8, 4) is 0 Å². The predicted octanol–water partition coefficient (Wildman–Crippen LogP) is 2.35. The normalized spacial score (nSPS) is 34.7. The van der Waals surface area contributed by atoms with Crippen LogP contribution in [-0.4, -0.2) is 47.6 Å². The molecule has 2 rings (SSSR count). The van der Waals surface area contributed by atoms with E-state index in [4.69, 9.17) is 0 Å². The van der Waals surface area contributed by atoms with Crippen LogP contribution >= 0.6 is 11.8 Å². The van der Waals surface area contributed by atoms with Gasteiger partial charge in [0.25, 0.3) is 0 Å². The zero-order valence-corrected chi connectivity index (χ0v) is 11.8. The average Bonchev–Trinajstić information content (AvgIpc) is 2.24. The van der Waals surface area contributed by atoms with E-state index < -0.39 is 0 Å². The molecule has 1 unspecified atom stereocenters. The summed E-state index contributed by atoms with van der Waals surface area (Å²) in [4.78, 5) is 2.69. The number of rotatable bonds is 4. The molecule has 2 nitrogen and oxygen atoms in total. The van der Waals surface area contributed by atoms with Gasteiger partial charge in [0.05, 0.1) is 0 Å². The lowest BCUT2D eigenvalue weighted by atomic mass is 9.83. The van der Waals surface area contributed by atoms with Crippen LogP contribution in [0.2, 0.25) is 0 Å². The van der Waals surface area contributed by atoms with Gasteiger partial charge in [0.1, 0.15) is 0 Å². The van der Waals surface area contributed by atoms with Crippen LogP contribution in [-0.2, 0) is 0 Å². The van der Waals surface area contributed by atoms with Gasteiger partial charge in [0.15, 0.2) is 0 Å². The molecule has 3 heteroatoms. The highest BCUT2D eigenvalue weighted by Gasteiger charge is 2.39. The minimum atomic E-state index is 0.349. The molecule has 16 heavy (non-hydrogen) atoms. The summed E-state index contributed by atoms with van der Waals surface area (Å²) in [6.45, 7) is 9.60. The third-order valence-corrected chi connectivity index (χ3v) is 5.95. The van der Waals surface area contributed by atoms with Crippen LogP contribution in [0.4, 0.5) is 0 Å². The van der Waals surface area contributed by atoms with Gasteiger partial charge in [-0.2, -0.15) is 11.8 Å². The lowest BCUT2D eigenvalue weighted by Gasteiger charge is -2.48. The molecule has 1 N–H and O–H groups in total. The van der Waals surface area contributed by atoms with Crippen molar-refractivity contribution in [1.82, 2.24) is 10.2 Å². The molecular weight excluding hydrogens is 216 g/mol. The molecule has 1 saturated carbocycles. The van der Waals surface area contributed by atoms with Crippen LogP contribution < -0.4 is 5.32 Å². The van der Waals surface area contributed by atoms with Crippen molar-refractivity contribution in [2.45, 2.75) is 49.8 Å². The van der Waals surface area contributed by atoms with Gasteiger partial charge < -0.3 is 5.32 Å². The lowest BCUT2D eigenvalue weighted by Crippen LogP contribution is -2.61. The van der Waals surface area contributed by atoms with Crippen LogP contribution in [0.5, 0.6) is 0 Å². The SMILES string of the molecule is CCC1(C)CN(CC2(SC)CCC2)CCN1. The standard InChI is InChI=1S/C13H26N2S/c1-4-12(2)10-15(9-8-14-12)11-13(16-3)6-5-7-13/h14H,4-11H2,1-3H3. The van der Waals surface area contributed by atoms with Crippen molar-refractivity contribution in [2.24, 2.45) is 0 Å². The fraction of sp³-hybridized carbons (Fsp3) is 1.00. The van der Waals surface area contributed by atoms with E-state index in [2.05, 4.69) is 42.1 Å². The number of nitrogens with zero attached hydrogens (tertiary/aromatic N) is 1. The average molecular weight is 242 g/mol. The van der Waals surface area contributed by atoms with Crippen LogP contribution in [0.15, 0.2) is 0 Å². The summed E-state index contributed by atoms with van der Waals surface area (Å²) in [6.07, 6.45) is 7.83. The first-order valence-corrected chi connectivity index (χ1v) is 7.86. The summed E-state index contributed by atoms with van der Waals surface area (Å²) in [7, 11) is 0. The van der Waals surface area contributed by atoms with E-state index in [0.717, 1.165) is 6.54 Å². The van der Waals surface area contributed by atoms with Crippen LogP contribution in [0.1, 0.15) is 39.5 Å². The van der Waals surface area contributed by atoms with Crippen LogP contribution in [0.25, 0.3) is 0 Å². The van der Waals surface area contributed by atoms with Crippen molar-refractivity contribution < 1.29 is 0 Å². The summed E-state index contributed by atoms with van der Waals surface area (Å²) in [5.41, 5.74) is 0.349. The quantitative estimate of drug-likeness (QED) is 0.815. The molecule has 1 saturated heterocycles. The van der Waals surface area contributed by atoms with Gasteiger partial charge >= 0.3 is 0 Å². The van der Waals surface area contributed by atoms with E-state index in [1.54, 1.807) is 0 Å². The summed E-state index contributed by atoms with van der Waals surface area (Å²) < 4.78 is 0.603. The first kappa shape index (κ1) is 12.7. The highest BCUT2D eigenvalue weighted by molar-refractivity contribution is 8.00. The van der Waals surface area contributed by atoms with Crippen LogP contribution in [0, 0.1) is 0 Å². The Hall–Kier alpha value is 0.270. The molecular formula is C13H26N2S. The van der Waals surface area contributed by atoms with E-state index >= 15 is 0 Å². The Morgan fingerprint density at radius 3 is 2.62 bits per heavy atom. The van der Waals surface area contributed by atoms with Gasteiger partial charge in [-0.1, -0.05) is 13.3 Å². The number of piperazine rings is 1. The van der Waals surface area contributed by atoms with Gasteiger partial charge in [-0.3, -0.25) is 4.90 Å². The van der Waals surface area contributed by atoms with Crippen molar-refractivity contribution in [2.75, 3.05) is 32.4 Å². The lowest BCUT2D eigenvalue weighted by molar-refractivity contribution is 0.114. The van der Waals surface area contributed by atoms with Gasteiger partial charge in [-0.15, -0.1) is 0 Å².